The van der Waals surface area contributed by atoms with Crippen LogP contribution in [0.15, 0.2) is 83.7 Å². The number of para-hydroxylation sites is 1. The van der Waals surface area contributed by atoms with Gasteiger partial charge in [0.05, 0.1) is 17.4 Å². The Hall–Kier alpha value is -5.95. The highest BCUT2D eigenvalue weighted by Crippen LogP contribution is 2.43. The van der Waals surface area contributed by atoms with Gasteiger partial charge in [-0.15, -0.1) is 0 Å². The van der Waals surface area contributed by atoms with Crippen molar-refractivity contribution in [2.45, 2.75) is 26.2 Å². The molecule has 2 aromatic carbocycles. The van der Waals surface area contributed by atoms with Crippen molar-refractivity contribution in [1.82, 2.24) is 9.97 Å². The maximum atomic E-state index is 14.2. The van der Waals surface area contributed by atoms with Crippen LogP contribution in [0, 0.1) is 24.0 Å². The molecule has 3 aliphatic rings. The minimum Gasteiger partial charge on any atom is -0.451 e. The molecule has 8 rings (SSSR count). The third-order valence-electron chi connectivity index (χ3n) is 9.96. The number of anilines is 4. The molecule has 1 spiro atoms. The van der Waals surface area contributed by atoms with Gasteiger partial charge < -0.3 is 29.6 Å². The van der Waals surface area contributed by atoms with E-state index in [1.165, 1.54) is 12.1 Å². The number of ether oxygens (including phenoxy) is 1. The topological polar surface area (TPSA) is 130 Å². The predicted octanol–water partition coefficient (Wildman–Crippen LogP) is 6.65. The second-order valence-corrected chi connectivity index (χ2v) is 13.5. The van der Waals surface area contributed by atoms with Crippen molar-refractivity contribution in [2.24, 2.45) is 5.41 Å². The van der Waals surface area contributed by atoms with E-state index >= 15 is 0 Å². The Balaban J connectivity index is 0.976. The zero-order valence-corrected chi connectivity index (χ0v) is 28.2. The first-order valence-electron chi connectivity index (χ1n) is 17.0. The van der Waals surface area contributed by atoms with Gasteiger partial charge in [0.1, 0.15) is 28.9 Å². The van der Waals surface area contributed by atoms with E-state index < -0.39 is 23.2 Å². The molecule has 0 radical (unpaired) electrons. The van der Waals surface area contributed by atoms with Crippen molar-refractivity contribution in [2.75, 3.05) is 53.3 Å². The Labute approximate surface area is 297 Å². The van der Waals surface area contributed by atoms with Crippen molar-refractivity contribution < 1.29 is 32.3 Å². The summed E-state index contributed by atoms with van der Waals surface area (Å²) in [6.07, 6.45) is 7.21. The quantitative estimate of drug-likeness (QED) is 0.201. The van der Waals surface area contributed by atoms with Crippen LogP contribution in [0.5, 0.6) is 0 Å². The number of amides is 3. The largest absolute Gasteiger partial charge is 0.451 e. The molecule has 2 N–H and O–H groups in total. The number of aromatic nitrogens is 2. The molecule has 0 saturated carbocycles. The molecule has 3 aliphatic heterocycles. The third-order valence-corrected chi connectivity index (χ3v) is 9.96. The average Bonchev–Trinajstić information content (AvgIpc) is 3.51. The summed E-state index contributed by atoms with van der Waals surface area (Å²) >= 11 is 0. The van der Waals surface area contributed by atoms with Crippen LogP contribution < -0.4 is 20.4 Å². The summed E-state index contributed by atoms with van der Waals surface area (Å²) in [6.45, 7) is 5.34. The summed E-state index contributed by atoms with van der Waals surface area (Å²) in [6, 6.07) is 15.0. The number of pyridine rings is 2. The van der Waals surface area contributed by atoms with E-state index in [9.17, 15) is 23.2 Å². The van der Waals surface area contributed by atoms with E-state index in [0.717, 1.165) is 56.8 Å². The lowest BCUT2D eigenvalue weighted by molar-refractivity contribution is -0.000511. The van der Waals surface area contributed by atoms with E-state index in [2.05, 4.69) is 25.5 Å². The minimum atomic E-state index is -0.911. The van der Waals surface area contributed by atoms with Crippen LogP contribution in [-0.4, -0.2) is 60.5 Å². The molecule has 0 atom stereocenters. The van der Waals surface area contributed by atoms with E-state index in [0.29, 0.717) is 51.6 Å². The van der Waals surface area contributed by atoms with Gasteiger partial charge in [-0.1, -0.05) is 6.07 Å². The number of furan rings is 1. The van der Waals surface area contributed by atoms with Crippen LogP contribution in [0.4, 0.5) is 31.7 Å². The summed E-state index contributed by atoms with van der Waals surface area (Å²) in [5.74, 6) is -2.33. The number of carbonyl (C=O) groups excluding carboxylic acids is 3. The third kappa shape index (κ3) is 6.17. The van der Waals surface area contributed by atoms with Crippen molar-refractivity contribution in [1.29, 1.82) is 0 Å². The standard InChI is InChI=1S/C39H34F2N6O5/c1-23-17-28(35(43-19-23)46-21-39(22-46)11-15-51-16-12-39)36(48)44-26-7-5-24(6-8-26)38(50)47-14-10-25-18-32(52-34(25)27-9-13-42-20-31(27)47)37(49)45-33-29(40)3-2-4-30(33)41/h2-9,13,17-20H,10-12,14-16,21-22H2,1H3,(H,44,48)(H,45,49). The van der Waals surface area contributed by atoms with Gasteiger partial charge >= 0.3 is 0 Å². The first kappa shape index (κ1) is 33.2. The van der Waals surface area contributed by atoms with Crippen molar-refractivity contribution in [3.63, 3.8) is 0 Å². The second-order valence-electron chi connectivity index (χ2n) is 13.5. The molecule has 264 valence electrons. The molecule has 13 heteroatoms. The number of benzene rings is 2. The maximum absolute atomic E-state index is 14.2. The summed E-state index contributed by atoms with van der Waals surface area (Å²) in [7, 11) is 0. The van der Waals surface area contributed by atoms with Crippen molar-refractivity contribution >= 4 is 40.6 Å². The zero-order valence-electron chi connectivity index (χ0n) is 28.2. The van der Waals surface area contributed by atoms with Crippen molar-refractivity contribution in [3.05, 3.63) is 119 Å². The van der Waals surface area contributed by atoms with Crippen LogP contribution in [0.3, 0.4) is 0 Å². The highest BCUT2D eigenvalue weighted by atomic mass is 19.1. The number of hydrogen-bond acceptors (Lipinski definition) is 8. The lowest BCUT2D eigenvalue weighted by Crippen LogP contribution is -2.59. The lowest BCUT2D eigenvalue weighted by atomic mass is 9.73. The summed E-state index contributed by atoms with van der Waals surface area (Å²) in [4.78, 5) is 53.1. The van der Waals surface area contributed by atoms with Crippen LogP contribution >= 0.6 is 0 Å². The van der Waals surface area contributed by atoms with Crippen LogP contribution in [0.2, 0.25) is 0 Å². The summed E-state index contributed by atoms with van der Waals surface area (Å²) < 4.78 is 39.8. The number of rotatable bonds is 6. The van der Waals surface area contributed by atoms with Gasteiger partial charge in [0.2, 0.25) is 0 Å². The average molecular weight is 705 g/mol. The molecule has 2 fully saturated rings. The lowest BCUT2D eigenvalue weighted by Gasteiger charge is -2.53. The molecule has 0 aliphatic carbocycles. The van der Waals surface area contributed by atoms with Gasteiger partial charge in [-0.25, -0.2) is 13.8 Å². The molecule has 5 aromatic rings. The minimum absolute atomic E-state index is 0.130. The molecule has 0 unspecified atom stereocenters. The number of carbonyl (C=O) groups is 3. The van der Waals surface area contributed by atoms with Crippen LogP contribution in [0.25, 0.3) is 11.3 Å². The van der Waals surface area contributed by atoms with E-state index in [-0.39, 0.29) is 29.5 Å². The van der Waals surface area contributed by atoms with Crippen LogP contribution in [-0.2, 0) is 11.2 Å². The van der Waals surface area contributed by atoms with Gasteiger partial charge in [0, 0.05) is 73.0 Å². The molecule has 52 heavy (non-hydrogen) atoms. The fourth-order valence-corrected chi connectivity index (χ4v) is 7.17. The Morgan fingerprint density at radius 2 is 1.65 bits per heavy atom. The molecule has 2 saturated heterocycles. The second kappa shape index (κ2) is 13.3. The fraction of sp³-hybridized carbons (Fsp3) is 0.256. The monoisotopic (exact) mass is 704 g/mol. The maximum Gasteiger partial charge on any atom is 0.291 e. The molecular weight excluding hydrogens is 670 g/mol. The zero-order chi connectivity index (χ0) is 36.0. The Morgan fingerprint density at radius 1 is 0.904 bits per heavy atom. The SMILES string of the molecule is Cc1cnc(N2CC3(CCOCC3)C2)c(C(=O)Nc2ccc(C(=O)N3CCc4cc(C(=O)Nc5c(F)cccc5F)oc4-c4ccncc43)cc2)c1. The highest BCUT2D eigenvalue weighted by molar-refractivity contribution is 6.10. The molecule has 3 aromatic heterocycles. The van der Waals surface area contributed by atoms with E-state index in [1.54, 1.807) is 53.8 Å². The Kier molecular flexibility index (Phi) is 8.50. The summed E-state index contributed by atoms with van der Waals surface area (Å²) in [5, 5.41) is 5.22. The first-order valence-corrected chi connectivity index (χ1v) is 17.0. The molecule has 6 heterocycles. The highest BCUT2D eigenvalue weighted by Gasteiger charge is 2.45. The molecule has 11 nitrogen and oxygen atoms in total. The van der Waals surface area contributed by atoms with Gasteiger partial charge in [-0.3, -0.25) is 19.4 Å². The predicted molar refractivity (Wildman–Crippen MR) is 190 cm³/mol. The van der Waals surface area contributed by atoms with Crippen molar-refractivity contribution in [3.8, 4) is 11.3 Å². The Bertz CT molecular complexity index is 2190. The number of nitrogens with zero attached hydrogens (tertiary/aromatic N) is 4. The fourth-order valence-electron chi connectivity index (χ4n) is 7.17. The van der Waals surface area contributed by atoms with Gasteiger partial charge in [0.15, 0.2) is 5.76 Å². The van der Waals surface area contributed by atoms with Gasteiger partial charge in [0.25, 0.3) is 17.7 Å². The number of fused-ring (bicyclic) bond motifs is 3. The molecular formula is C39H34F2N6O5. The van der Waals surface area contributed by atoms with E-state index in [4.69, 9.17) is 9.15 Å². The smallest absolute Gasteiger partial charge is 0.291 e. The summed E-state index contributed by atoms with van der Waals surface area (Å²) in [5.41, 5.74) is 3.58. The first-order chi connectivity index (χ1) is 25.2. The van der Waals surface area contributed by atoms with E-state index in [1.807, 2.05) is 13.0 Å². The van der Waals surface area contributed by atoms with Gasteiger partial charge in [-0.2, -0.15) is 0 Å². The Morgan fingerprint density at radius 3 is 2.40 bits per heavy atom. The number of nitrogens with one attached hydrogen (secondary N) is 2. The number of halogens is 2. The number of hydrogen-bond donors (Lipinski definition) is 2. The van der Waals surface area contributed by atoms with Crippen LogP contribution in [0.1, 0.15) is 55.2 Å². The molecule has 0 bridgehead atoms. The number of aryl methyl sites for hydroxylation is 1. The normalized spacial score (nSPS) is 16.0. The van der Waals surface area contributed by atoms with Gasteiger partial charge in [-0.05, 0) is 86.3 Å². The molecule has 3 amide bonds.